The molecule has 0 bridgehead atoms. The SMILES string of the molecule is C=CC(c1ccccc1)N(CC(=C)C1CC1)S(=O)(=O)c1ccc(C)cc1. The van der Waals surface area contributed by atoms with Crippen LogP contribution in [0.3, 0.4) is 0 Å². The van der Waals surface area contributed by atoms with Crippen LogP contribution < -0.4 is 0 Å². The molecule has 1 aliphatic carbocycles. The molecule has 136 valence electrons. The van der Waals surface area contributed by atoms with E-state index in [9.17, 15) is 8.42 Å². The Balaban J connectivity index is 2.02. The molecule has 1 aliphatic rings. The lowest BCUT2D eigenvalue weighted by Gasteiger charge is -2.30. The Morgan fingerprint density at radius 2 is 1.77 bits per heavy atom. The summed E-state index contributed by atoms with van der Waals surface area (Å²) in [7, 11) is -3.68. The maximum absolute atomic E-state index is 13.4. The summed E-state index contributed by atoms with van der Waals surface area (Å²) in [5, 5.41) is 0. The van der Waals surface area contributed by atoms with Crippen molar-refractivity contribution in [2.75, 3.05) is 6.54 Å². The van der Waals surface area contributed by atoms with Crippen molar-refractivity contribution in [1.29, 1.82) is 0 Å². The number of hydrogen-bond donors (Lipinski definition) is 0. The molecule has 0 radical (unpaired) electrons. The average Bonchev–Trinajstić information content (AvgIpc) is 3.48. The number of aryl methyl sites for hydroxylation is 1. The van der Waals surface area contributed by atoms with E-state index < -0.39 is 16.1 Å². The first-order chi connectivity index (χ1) is 12.4. The van der Waals surface area contributed by atoms with Gasteiger partial charge in [0.05, 0.1) is 10.9 Å². The summed E-state index contributed by atoms with van der Waals surface area (Å²) in [6.07, 6.45) is 3.89. The lowest BCUT2D eigenvalue weighted by atomic mass is 10.1. The predicted molar refractivity (Wildman–Crippen MR) is 106 cm³/mol. The van der Waals surface area contributed by atoms with Gasteiger partial charge in [0.2, 0.25) is 10.0 Å². The quantitative estimate of drug-likeness (QED) is 0.624. The van der Waals surface area contributed by atoms with Crippen molar-refractivity contribution >= 4 is 10.0 Å². The minimum atomic E-state index is -3.68. The lowest BCUT2D eigenvalue weighted by Crippen LogP contribution is -2.36. The second-order valence-corrected chi connectivity index (χ2v) is 8.78. The molecule has 1 atom stereocenters. The second-order valence-electron chi connectivity index (χ2n) is 6.89. The van der Waals surface area contributed by atoms with Crippen molar-refractivity contribution in [3.05, 3.63) is 90.5 Å². The Bertz CT molecular complexity index is 881. The predicted octanol–water partition coefficient (Wildman–Crippen LogP) is 4.88. The number of hydrogen-bond acceptors (Lipinski definition) is 2. The maximum atomic E-state index is 13.4. The van der Waals surface area contributed by atoms with E-state index in [4.69, 9.17) is 0 Å². The van der Waals surface area contributed by atoms with Crippen molar-refractivity contribution in [1.82, 2.24) is 4.31 Å². The zero-order valence-corrected chi connectivity index (χ0v) is 16.0. The Kier molecular flexibility index (Phi) is 5.44. The molecule has 0 amide bonds. The molecule has 0 spiro atoms. The molecule has 0 aromatic heterocycles. The average molecular weight is 368 g/mol. The molecule has 4 heteroatoms. The monoisotopic (exact) mass is 367 g/mol. The Labute approximate surface area is 156 Å². The maximum Gasteiger partial charge on any atom is 0.244 e. The molecule has 3 rings (SSSR count). The van der Waals surface area contributed by atoms with Crippen molar-refractivity contribution < 1.29 is 8.42 Å². The van der Waals surface area contributed by atoms with Gasteiger partial charge in [0.25, 0.3) is 0 Å². The molecule has 2 aromatic rings. The van der Waals surface area contributed by atoms with Gasteiger partial charge < -0.3 is 0 Å². The van der Waals surface area contributed by atoms with E-state index in [1.165, 1.54) is 4.31 Å². The zero-order valence-electron chi connectivity index (χ0n) is 15.1. The van der Waals surface area contributed by atoms with Crippen molar-refractivity contribution in [3.8, 4) is 0 Å². The third-order valence-electron chi connectivity index (χ3n) is 4.82. The highest BCUT2D eigenvalue weighted by Gasteiger charge is 2.34. The van der Waals surface area contributed by atoms with Crippen LogP contribution in [0, 0.1) is 12.8 Å². The van der Waals surface area contributed by atoms with Crippen LogP contribution in [-0.4, -0.2) is 19.3 Å². The molecule has 0 heterocycles. The molecule has 0 aliphatic heterocycles. The fourth-order valence-corrected chi connectivity index (χ4v) is 4.66. The third-order valence-corrected chi connectivity index (χ3v) is 6.66. The van der Waals surface area contributed by atoms with Gasteiger partial charge in [-0.2, -0.15) is 4.31 Å². The summed E-state index contributed by atoms with van der Waals surface area (Å²) in [5.41, 5.74) is 2.91. The van der Waals surface area contributed by atoms with Crippen LogP contribution in [0.4, 0.5) is 0 Å². The zero-order chi connectivity index (χ0) is 18.7. The summed E-state index contributed by atoms with van der Waals surface area (Å²) < 4.78 is 28.4. The van der Waals surface area contributed by atoms with Gasteiger partial charge in [-0.15, -0.1) is 6.58 Å². The minimum absolute atomic E-state index is 0.300. The van der Waals surface area contributed by atoms with Gasteiger partial charge in [-0.3, -0.25) is 0 Å². The highest BCUT2D eigenvalue weighted by atomic mass is 32.2. The first-order valence-electron chi connectivity index (χ1n) is 8.87. The third kappa shape index (κ3) is 3.97. The summed E-state index contributed by atoms with van der Waals surface area (Å²) in [6.45, 7) is 10.3. The molecule has 3 nitrogen and oxygen atoms in total. The van der Waals surface area contributed by atoms with Crippen LogP contribution in [0.1, 0.15) is 30.0 Å². The van der Waals surface area contributed by atoms with Crippen LogP contribution in [0.2, 0.25) is 0 Å². The first-order valence-corrected chi connectivity index (χ1v) is 10.3. The van der Waals surface area contributed by atoms with E-state index in [1.807, 2.05) is 49.4 Å². The van der Waals surface area contributed by atoms with E-state index >= 15 is 0 Å². The first kappa shape index (κ1) is 18.6. The lowest BCUT2D eigenvalue weighted by molar-refractivity contribution is 0.387. The Morgan fingerprint density at radius 1 is 1.15 bits per heavy atom. The summed E-state index contributed by atoms with van der Waals surface area (Å²) in [4.78, 5) is 0.300. The Morgan fingerprint density at radius 3 is 2.31 bits per heavy atom. The van der Waals surface area contributed by atoms with Crippen LogP contribution in [0.5, 0.6) is 0 Å². The molecule has 2 aromatic carbocycles. The highest BCUT2D eigenvalue weighted by molar-refractivity contribution is 7.89. The van der Waals surface area contributed by atoms with E-state index in [0.29, 0.717) is 17.4 Å². The minimum Gasteiger partial charge on any atom is -0.207 e. The van der Waals surface area contributed by atoms with Crippen LogP contribution in [0.25, 0.3) is 0 Å². The molecule has 0 N–H and O–H groups in total. The van der Waals surface area contributed by atoms with E-state index in [2.05, 4.69) is 13.2 Å². The van der Waals surface area contributed by atoms with Crippen LogP contribution in [-0.2, 0) is 10.0 Å². The molecule has 1 unspecified atom stereocenters. The van der Waals surface area contributed by atoms with Crippen LogP contribution >= 0.6 is 0 Å². The van der Waals surface area contributed by atoms with Gasteiger partial charge in [-0.05, 0) is 43.4 Å². The standard InChI is InChI=1S/C22H25NO2S/c1-4-22(20-8-6-5-7-9-20)23(16-18(3)19-12-13-19)26(24,25)21-14-10-17(2)11-15-21/h4-11,14-15,19,22H,1,3,12-13,16H2,2H3. The highest BCUT2D eigenvalue weighted by Crippen LogP contribution is 2.38. The summed E-state index contributed by atoms with van der Waals surface area (Å²) >= 11 is 0. The van der Waals surface area contributed by atoms with Gasteiger partial charge in [-0.1, -0.05) is 66.3 Å². The second kappa shape index (κ2) is 7.60. The molecular formula is C22H25NO2S. The van der Waals surface area contributed by atoms with Gasteiger partial charge >= 0.3 is 0 Å². The smallest absolute Gasteiger partial charge is 0.207 e. The van der Waals surface area contributed by atoms with E-state index in [1.54, 1.807) is 18.2 Å². The fraction of sp³-hybridized carbons (Fsp3) is 0.273. The van der Waals surface area contributed by atoms with Gasteiger partial charge in [0, 0.05) is 6.54 Å². The number of rotatable bonds is 8. The molecule has 26 heavy (non-hydrogen) atoms. The summed E-state index contributed by atoms with van der Waals surface area (Å²) in [5.74, 6) is 0.437. The van der Waals surface area contributed by atoms with Crippen molar-refractivity contribution in [2.24, 2.45) is 5.92 Å². The van der Waals surface area contributed by atoms with Crippen molar-refractivity contribution in [3.63, 3.8) is 0 Å². The molecule has 1 saturated carbocycles. The number of benzene rings is 2. The topological polar surface area (TPSA) is 37.4 Å². The van der Waals surface area contributed by atoms with Gasteiger partial charge in [-0.25, -0.2) is 8.42 Å². The van der Waals surface area contributed by atoms with Gasteiger partial charge in [0.15, 0.2) is 0 Å². The van der Waals surface area contributed by atoms with Crippen molar-refractivity contribution in [2.45, 2.75) is 30.7 Å². The van der Waals surface area contributed by atoms with Crippen LogP contribution in [0.15, 0.2) is 84.3 Å². The normalized spacial score (nSPS) is 15.6. The van der Waals surface area contributed by atoms with E-state index in [-0.39, 0.29) is 0 Å². The summed E-state index contributed by atoms with van der Waals surface area (Å²) in [6, 6.07) is 16.2. The number of sulfonamides is 1. The number of nitrogens with zero attached hydrogens (tertiary/aromatic N) is 1. The fourth-order valence-electron chi connectivity index (χ4n) is 3.07. The van der Waals surface area contributed by atoms with Gasteiger partial charge in [0.1, 0.15) is 0 Å². The van der Waals surface area contributed by atoms with E-state index in [0.717, 1.165) is 29.5 Å². The molecular weight excluding hydrogens is 342 g/mol. The molecule has 1 fully saturated rings. The molecule has 0 saturated heterocycles. The Hall–Kier alpha value is -2.17. The largest absolute Gasteiger partial charge is 0.244 e.